The molecule has 2 rings (SSSR count). The molecule has 0 atom stereocenters. The lowest BCUT2D eigenvalue weighted by Gasteiger charge is -2.20. The highest BCUT2D eigenvalue weighted by Gasteiger charge is 2.24. The second-order valence-corrected chi connectivity index (χ2v) is 5.97. The number of nitrogens with zero attached hydrogens (tertiary/aromatic N) is 1. The molecule has 0 saturated carbocycles. The van der Waals surface area contributed by atoms with Crippen molar-refractivity contribution in [3.63, 3.8) is 0 Å². The second kappa shape index (κ2) is 4.90. The van der Waals surface area contributed by atoms with Crippen LogP contribution in [0, 0.1) is 10.1 Å². The van der Waals surface area contributed by atoms with Gasteiger partial charge in [-0.15, -0.1) is 23.5 Å². The van der Waals surface area contributed by atoms with Gasteiger partial charge in [-0.1, -0.05) is 18.2 Å². The van der Waals surface area contributed by atoms with Gasteiger partial charge in [0.1, 0.15) is 0 Å². The van der Waals surface area contributed by atoms with Crippen LogP contribution in [0.15, 0.2) is 24.3 Å². The minimum Gasteiger partial charge on any atom is -0.258 e. The van der Waals surface area contributed by atoms with Crippen LogP contribution in [0.5, 0.6) is 0 Å². The first kappa shape index (κ1) is 10.8. The molecule has 1 aliphatic rings. The molecule has 1 heterocycles. The lowest BCUT2D eigenvalue weighted by Crippen LogP contribution is -2.03. The third-order valence-corrected chi connectivity index (χ3v) is 5.19. The van der Waals surface area contributed by atoms with Crippen molar-refractivity contribution < 1.29 is 4.92 Å². The normalized spacial score (nSPS) is 17.6. The molecular weight excluding hydrogens is 230 g/mol. The summed E-state index contributed by atoms with van der Waals surface area (Å²) in [6.45, 7) is 0. The Balaban J connectivity index is 2.29. The summed E-state index contributed by atoms with van der Waals surface area (Å²) in [4.78, 5) is 10.6. The predicted molar refractivity (Wildman–Crippen MR) is 65.4 cm³/mol. The maximum absolute atomic E-state index is 10.9. The first-order valence-electron chi connectivity index (χ1n) is 4.75. The highest BCUT2D eigenvalue weighted by atomic mass is 32.2. The molecule has 5 heteroatoms. The first-order valence-corrected chi connectivity index (χ1v) is 6.85. The summed E-state index contributed by atoms with van der Waals surface area (Å²) < 4.78 is 0.236. The molecule has 0 unspecified atom stereocenters. The van der Waals surface area contributed by atoms with E-state index in [1.807, 2.05) is 12.1 Å². The van der Waals surface area contributed by atoms with Crippen LogP contribution in [0.25, 0.3) is 0 Å². The molecule has 0 radical (unpaired) electrons. The van der Waals surface area contributed by atoms with Crippen molar-refractivity contribution in [2.24, 2.45) is 0 Å². The molecule has 0 aromatic heterocycles. The van der Waals surface area contributed by atoms with Gasteiger partial charge in [0.05, 0.1) is 15.1 Å². The Labute approximate surface area is 96.8 Å². The summed E-state index contributed by atoms with van der Waals surface area (Å²) in [5, 5.41) is 10.9. The Kier molecular flexibility index (Phi) is 3.53. The van der Waals surface area contributed by atoms with Crippen LogP contribution in [0.3, 0.4) is 0 Å². The number of hydrogen-bond acceptors (Lipinski definition) is 4. The van der Waals surface area contributed by atoms with Crippen LogP contribution >= 0.6 is 23.5 Å². The molecule has 80 valence electrons. The largest absolute Gasteiger partial charge is 0.274 e. The van der Waals surface area contributed by atoms with E-state index in [2.05, 4.69) is 0 Å². The minimum atomic E-state index is -0.287. The summed E-state index contributed by atoms with van der Waals surface area (Å²) >= 11 is 3.61. The molecule has 1 saturated heterocycles. The van der Waals surface area contributed by atoms with Crippen LogP contribution in [-0.4, -0.2) is 16.4 Å². The van der Waals surface area contributed by atoms with Crippen molar-refractivity contribution in [2.75, 3.05) is 11.5 Å². The molecule has 1 aromatic rings. The molecule has 3 nitrogen and oxygen atoms in total. The van der Waals surface area contributed by atoms with E-state index in [4.69, 9.17) is 0 Å². The molecule has 0 amide bonds. The molecule has 15 heavy (non-hydrogen) atoms. The fourth-order valence-corrected chi connectivity index (χ4v) is 4.47. The third-order valence-electron chi connectivity index (χ3n) is 2.21. The van der Waals surface area contributed by atoms with Gasteiger partial charge in [-0.25, -0.2) is 0 Å². The van der Waals surface area contributed by atoms with Gasteiger partial charge < -0.3 is 0 Å². The molecule has 0 N–H and O–H groups in total. The summed E-state index contributed by atoms with van der Waals surface area (Å²) in [7, 11) is 0. The SMILES string of the molecule is O=[N+]([O-])c1ccccc1C1SCCCS1. The standard InChI is InChI=1S/C10H11NO2S2/c12-11(13)9-5-2-1-4-8(9)10-14-6-3-7-15-10/h1-2,4-5,10H,3,6-7H2. The quantitative estimate of drug-likeness (QED) is 0.587. The highest BCUT2D eigenvalue weighted by Crippen LogP contribution is 2.46. The van der Waals surface area contributed by atoms with E-state index in [1.165, 1.54) is 6.42 Å². The van der Waals surface area contributed by atoms with Gasteiger partial charge in [0.2, 0.25) is 0 Å². The van der Waals surface area contributed by atoms with Crippen molar-refractivity contribution in [3.8, 4) is 0 Å². The van der Waals surface area contributed by atoms with Gasteiger partial charge in [0.15, 0.2) is 0 Å². The van der Waals surface area contributed by atoms with E-state index in [9.17, 15) is 10.1 Å². The summed E-state index contributed by atoms with van der Waals surface area (Å²) in [6.07, 6.45) is 1.20. The Morgan fingerprint density at radius 2 is 1.93 bits per heavy atom. The van der Waals surface area contributed by atoms with Gasteiger partial charge in [-0.2, -0.15) is 0 Å². The maximum atomic E-state index is 10.9. The molecular formula is C10H11NO2S2. The summed E-state index contributed by atoms with van der Waals surface area (Å²) in [5.41, 5.74) is 1.11. The van der Waals surface area contributed by atoms with E-state index < -0.39 is 0 Å². The highest BCUT2D eigenvalue weighted by molar-refractivity contribution is 8.16. The van der Waals surface area contributed by atoms with E-state index in [0.717, 1.165) is 17.1 Å². The molecule has 1 fully saturated rings. The topological polar surface area (TPSA) is 43.1 Å². The first-order chi connectivity index (χ1) is 7.29. The van der Waals surface area contributed by atoms with Crippen molar-refractivity contribution >= 4 is 29.2 Å². The van der Waals surface area contributed by atoms with E-state index in [1.54, 1.807) is 35.7 Å². The van der Waals surface area contributed by atoms with Crippen molar-refractivity contribution in [1.29, 1.82) is 0 Å². The zero-order valence-electron chi connectivity index (χ0n) is 8.09. The van der Waals surface area contributed by atoms with E-state index in [0.29, 0.717) is 0 Å². The van der Waals surface area contributed by atoms with Gasteiger partial charge in [0, 0.05) is 6.07 Å². The van der Waals surface area contributed by atoms with E-state index in [-0.39, 0.29) is 15.2 Å². The Bertz CT molecular complexity index is 364. The molecule has 1 aliphatic heterocycles. The predicted octanol–water partition coefficient (Wildman–Crippen LogP) is 3.46. The number of nitro groups is 1. The van der Waals surface area contributed by atoms with Gasteiger partial charge in [-0.05, 0) is 17.9 Å². The van der Waals surface area contributed by atoms with Crippen LogP contribution < -0.4 is 0 Å². The van der Waals surface area contributed by atoms with E-state index >= 15 is 0 Å². The average Bonchev–Trinajstić information content (AvgIpc) is 2.30. The van der Waals surface area contributed by atoms with Crippen LogP contribution in [-0.2, 0) is 0 Å². The van der Waals surface area contributed by atoms with Crippen LogP contribution in [0.4, 0.5) is 5.69 Å². The van der Waals surface area contributed by atoms with Crippen LogP contribution in [0.2, 0.25) is 0 Å². The maximum Gasteiger partial charge on any atom is 0.274 e. The minimum absolute atomic E-state index is 0.236. The summed E-state index contributed by atoms with van der Waals surface area (Å²) in [6, 6.07) is 7.05. The molecule has 1 aromatic carbocycles. The van der Waals surface area contributed by atoms with Gasteiger partial charge >= 0.3 is 0 Å². The molecule has 0 aliphatic carbocycles. The van der Waals surface area contributed by atoms with Crippen LogP contribution in [0.1, 0.15) is 16.6 Å². The number of hydrogen-bond donors (Lipinski definition) is 0. The average molecular weight is 241 g/mol. The lowest BCUT2D eigenvalue weighted by molar-refractivity contribution is -0.385. The molecule has 0 spiro atoms. The smallest absolute Gasteiger partial charge is 0.258 e. The fraction of sp³-hybridized carbons (Fsp3) is 0.400. The number of benzene rings is 1. The monoisotopic (exact) mass is 241 g/mol. The van der Waals surface area contributed by atoms with Crippen molar-refractivity contribution in [2.45, 2.75) is 11.0 Å². The number of rotatable bonds is 2. The number of nitro benzene ring substituents is 1. The van der Waals surface area contributed by atoms with Gasteiger partial charge in [-0.3, -0.25) is 10.1 Å². The summed E-state index contributed by atoms with van der Waals surface area (Å²) in [5.74, 6) is 2.20. The zero-order chi connectivity index (χ0) is 10.7. The molecule has 0 bridgehead atoms. The Morgan fingerprint density at radius 1 is 1.27 bits per heavy atom. The van der Waals surface area contributed by atoms with Gasteiger partial charge in [0.25, 0.3) is 5.69 Å². The zero-order valence-corrected chi connectivity index (χ0v) is 9.72. The number of thioether (sulfide) groups is 2. The third kappa shape index (κ3) is 2.46. The van der Waals surface area contributed by atoms with Crippen molar-refractivity contribution in [1.82, 2.24) is 0 Å². The van der Waals surface area contributed by atoms with Crippen molar-refractivity contribution in [3.05, 3.63) is 39.9 Å². The Hall–Kier alpha value is -0.680. The fourth-order valence-electron chi connectivity index (χ4n) is 1.52. The number of para-hydroxylation sites is 1. The second-order valence-electron chi connectivity index (χ2n) is 3.24. The lowest BCUT2D eigenvalue weighted by atomic mass is 10.2. The Morgan fingerprint density at radius 3 is 2.60 bits per heavy atom.